The minimum atomic E-state index is -0.0396. The molecule has 2 aromatic rings. The summed E-state index contributed by atoms with van der Waals surface area (Å²) < 4.78 is 2.83. The van der Waals surface area contributed by atoms with Gasteiger partial charge in [-0.25, -0.2) is 0 Å². The number of hydrogen-bond donors (Lipinski definition) is 2. The second kappa shape index (κ2) is 12.2. The third kappa shape index (κ3) is 7.96. The molecular weight excluding hydrogens is 547 g/mol. The van der Waals surface area contributed by atoms with Crippen LogP contribution in [-0.2, 0) is 18.4 Å². The Morgan fingerprint density at radius 2 is 1.97 bits per heavy atom. The van der Waals surface area contributed by atoms with Crippen molar-refractivity contribution >= 4 is 57.5 Å². The van der Waals surface area contributed by atoms with Crippen LogP contribution in [0.25, 0.3) is 0 Å². The van der Waals surface area contributed by atoms with Crippen molar-refractivity contribution in [2.45, 2.75) is 32.7 Å². The molecule has 2 N–H and O–H groups in total. The lowest BCUT2D eigenvalue weighted by molar-refractivity contribution is -0.116. The van der Waals surface area contributed by atoms with Gasteiger partial charge in [0.2, 0.25) is 5.91 Å². The molecule has 160 valence electrons. The average molecular weight is 577 g/mol. The summed E-state index contributed by atoms with van der Waals surface area (Å²) in [4.78, 5) is 18.5. The van der Waals surface area contributed by atoms with E-state index in [0.717, 1.165) is 21.8 Å². The molecule has 0 bridgehead atoms. The maximum absolute atomic E-state index is 12.1. The van der Waals surface area contributed by atoms with Gasteiger partial charge in [-0.1, -0.05) is 29.8 Å². The van der Waals surface area contributed by atoms with Crippen molar-refractivity contribution in [1.82, 2.24) is 20.0 Å². The summed E-state index contributed by atoms with van der Waals surface area (Å²) >= 11 is 3.38. The van der Waals surface area contributed by atoms with Crippen LogP contribution in [0.2, 0.25) is 0 Å². The molecule has 0 spiro atoms. The van der Waals surface area contributed by atoms with Crippen LogP contribution in [0.1, 0.15) is 37.4 Å². The van der Waals surface area contributed by atoms with E-state index in [-0.39, 0.29) is 29.9 Å². The van der Waals surface area contributed by atoms with Gasteiger partial charge in [-0.15, -0.1) is 24.0 Å². The first kappa shape index (κ1) is 25.4. The van der Waals surface area contributed by atoms with Gasteiger partial charge in [-0.2, -0.15) is 5.10 Å². The minimum Gasteiger partial charge on any atom is -0.356 e. The Hall–Kier alpha value is -1.62. The van der Waals surface area contributed by atoms with Crippen LogP contribution in [0.3, 0.4) is 0 Å². The molecule has 0 aliphatic carbocycles. The third-order valence-corrected chi connectivity index (χ3v) is 4.76. The highest BCUT2D eigenvalue weighted by atomic mass is 127. The number of aliphatic imine (C=N–C) groups is 1. The molecule has 0 aliphatic rings. The fourth-order valence-corrected chi connectivity index (χ4v) is 3.19. The Morgan fingerprint density at radius 3 is 2.55 bits per heavy atom. The molecule has 0 aliphatic heterocycles. The number of carbonyl (C=O) groups is 1. The van der Waals surface area contributed by atoms with Crippen LogP contribution >= 0.6 is 39.9 Å². The molecule has 9 heteroatoms. The van der Waals surface area contributed by atoms with Crippen LogP contribution in [0.4, 0.5) is 5.69 Å². The smallest absolute Gasteiger partial charge is 0.226 e. The molecule has 1 aromatic carbocycles. The number of benzene rings is 1. The second-order valence-electron chi connectivity index (χ2n) is 7.00. The van der Waals surface area contributed by atoms with Crippen molar-refractivity contribution in [3.63, 3.8) is 0 Å². The number of anilines is 1. The molecule has 0 saturated carbocycles. The Labute approximate surface area is 198 Å². The third-order valence-electron chi connectivity index (χ3n) is 4.23. The van der Waals surface area contributed by atoms with Crippen LogP contribution in [-0.4, -0.2) is 47.2 Å². The first-order valence-corrected chi connectivity index (χ1v) is 10.1. The fraction of sp³-hybridized carbons (Fsp3) is 0.450. The highest BCUT2D eigenvalue weighted by Gasteiger charge is 2.15. The number of halogens is 2. The van der Waals surface area contributed by atoms with Gasteiger partial charge in [-0.05, 0) is 30.2 Å². The van der Waals surface area contributed by atoms with Crippen LogP contribution in [0.5, 0.6) is 0 Å². The van der Waals surface area contributed by atoms with Gasteiger partial charge in [0.05, 0.1) is 5.69 Å². The summed E-state index contributed by atoms with van der Waals surface area (Å²) in [6.45, 7) is 5.49. The predicted molar refractivity (Wildman–Crippen MR) is 133 cm³/mol. The average Bonchev–Trinajstić information content (AvgIpc) is 3.01. The van der Waals surface area contributed by atoms with Gasteiger partial charge in [0, 0.05) is 62.6 Å². The normalized spacial score (nSPS) is 11.2. The van der Waals surface area contributed by atoms with E-state index in [4.69, 9.17) is 0 Å². The molecule has 0 unspecified atom stereocenters. The number of nitrogens with one attached hydrogen (secondary N) is 2. The molecule has 29 heavy (non-hydrogen) atoms. The molecule has 0 atom stereocenters. The molecule has 1 heterocycles. The SMILES string of the molecule is CN=C(NCCC(=O)Nc1ccc(Br)cc1)N(C)Cc1cn(C)nc1C(C)C.I. The van der Waals surface area contributed by atoms with Crippen molar-refractivity contribution in [3.8, 4) is 0 Å². The summed E-state index contributed by atoms with van der Waals surface area (Å²) in [6.07, 6.45) is 2.40. The molecule has 0 fully saturated rings. The number of guanidine groups is 1. The van der Waals surface area contributed by atoms with Crippen molar-refractivity contribution in [2.75, 3.05) is 26.0 Å². The summed E-state index contributed by atoms with van der Waals surface area (Å²) in [5.41, 5.74) is 3.06. The number of carbonyl (C=O) groups excluding carboxylic acids is 1. The van der Waals surface area contributed by atoms with Crippen molar-refractivity contribution in [3.05, 3.63) is 46.2 Å². The van der Waals surface area contributed by atoms with Crippen LogP contribution < -0.4 is 10.6 Å². The lowest BCUT2D eigenvalue weighted by Gasteiger charge is -2.22. The standard InChI is InChI=1S/C20H29BrN6O.HI/c1-14(2)19-15(13-27(5)25-19)12-26(4)20(22-3)23-11-10-18(28)24-17-8-6-16(21)7-9-17;/h6-9,13-14H,10-12H2,1-5H3,(H,22,23)(H,24,28);1H. The van der Waals surface area contributed by atoms with Gasteiger partial charge in [0.15, 0.2) is 5.96 Å². The highest BCUT2D eigenvalue weighted by molar-refractivity contribution is 14.0. The monoisotopic (exact) mass is 576 g/mol. The number of aromatic nitrogens is 2. The van der Waals surface area contributed by atoms with E-state index in [1.54, 1.807) is 7.05 Å². The van der Waals surface area contributed by atoms with Gasteiger partial charge in [0.1, 0.15) is 0 Å². The van der Waals surface area contributed by atoms with E-state index < -0.39 is 0 Å². The highest BCUT2D eigenvalue weighted by Crippen LogP contribution is 2.18. The zero-order valence-electron chi connectivity index (χ0n) is 17.6. The van der Waals surface area contributed by atoms with Gasteiger partial charge < -0.3 is 15.5 Å². The van der Waals surface area contributed by atoms with E-state index in [1.165, 1.54) is 5.56 Å². The van der Waals surface area contributed by atoms with Gasteiger partial charge in [0.25, 0.3) is 0 Å². The Kier molecular flexibility index (Phi) is 10.7. The van der Waals surface area contributed by atoms with Crippen molar-refractivity contribution < 1.29 is 4.79 Å². The van der Waals surface area contributed by atoms with Crippen molar-refractivity contribution in [2.24, 2.45) is 12.0 Å². The van der Waals surface area contributed by atoms with E-state index in [2.05, 4.69) is 50.5 Å². The van der Waals surface area contributed by atoms with E-state index in [1.807, 2.05) is 54.1 Å². The largest absolute Gasteiger partial charge is 0.356 e. The van der Waals surface area contributed by atoms with Crippen molar-refractivity contribution in [1.29, 1.82) is 0 Å². The maximum atomic E-state index is 12.1. The fourth-order valence-electron chi connectivity index (χ4n) is 2.92. The van der Waals surface area contributed by atoms with E-state index >= 15 is 0 Å². The lowest BCUT2D eigenvalue weighted by Crippen LogP contribution is -2.39. The summed E-state index contributed by atoms with van der Waals surface area (Å²) in [5, 5.41) is 10.7. The lowest BCUT2D eigenvalue weighted by atomic mass is 10.1. The van der Waals surface area contributed by atoms with Gasteiger partial charge >= 0.3 is 0 Å². The molecule has 7 nitrogen and oxygen atoms in total. The predicted octanol–water partition coefficient (Wildman–Crippen LogP) is 3.96. The number of amides is 1. The Morgan fingerprint density at radius 1 is 1.31 bits per heavy atom. The topological polar surface area (TPSA) is 74.6 Å². The molecule has 0 saturated heterocycles. The van der Waals surface area contributed by atoms with E-state index in [9.17, 15) is 4.79 Å². The number of nitrogens with zero attached hydrogens (tertiary/aromatic N) is 4. The van der Waals surface area contributed by atoms with Gasteiger partial charge in [-0.3, -0.25) is 14.5 Å². The Bertz CT molecular complexity index is 819. The Balaban J connectivity index is 0.00000420. The first-order chi connectivity index (χ1) is 13.3. The first-order valence-electron chi connectivity index (χ1n) is 9.29. The minimum absolute atomic E-state index is 0. The van der Waals surface area contributed by atoms with Crippen LogP contribution in [0, 0.1) is 0 Å². The maximum Gasteiger partial charge on any atom is 0.226 e. The molecule has 1 aromatic heterocycles. The number of rotatable bonds is 7. The van der Waals surface area contributed by atoms with Crippen LogP contribution in [0.15, 0.2) is 39.9 Å². The molecule has 1 amide bonds. The zero-order chi connectivity index (χ0) is 20.7. The second-order valence-corrected chi connectivity index (χ2v) is 7.92. The summed E-state index contributed by atoms with van der Waals surface area (Å²) in [7, 11) is 5.66. The van der Waals surface area contributed by atoms with E-state index in [0.29, 0.717) is 25.4 Å². The number of hydrogen-bond acceptors (Lipinski definition) is 3. The quantitative estimate of drug-likeness (QED) is 0.297. The molecular formula is C20H30BrIN6O. The summed E-state index contributed by atoms with van der Waals surface area (Å²) in [5.74, 6) is 1.07. The zero-order valence-corrected chi connectivity index (χ0v) is 21.5. The molecule has 2 rings (SSSR count). The summed E-state index contributed by atoms with van der Waals surface area (Å²) in [6, 6.07) is 7.52. The number of aryl methyl sites for hydroxylation is 1. The molecule has 0 radical (unpaired) electrons.